The van der Waals surface area contributed by atoms with E-state index in [1.54, 1.807) is 29.2 Å². The Hall–Kier alpha value is -3.80. The number of benzene rings is 2. The molecule has 0 spiro atoms. The van der Waals surface area contributed by atoms with E-state index >= 15 is 0 Å². The number of rotatable bonds is 7. The molecule has 0 radical (unpaired) electrons. The normalized spacial score (nSPS) is 15.1. The smallest absolute Gasteiger partial charge is 0.256 e. The van der Waals surface area contributed by atoms with Crippen molar-refractivity contribution in [1.29, 1.82) is 0 Å². The van der Waals surface area contributed by atoms with Gasteiger partial charge in [-0.3, -0.25) is 9.48 Å². The minimum atomic E-state index is -3.85. The highest BCUT2D eigenvalue weighted by molar-refractivity contribution is 7.89. The molecule has 1 N–H and O–H groups in total. The molecule has 1 fully saturated rings. The van der Waals surface area contributed by atoms with Gasteiger partial charge in [0.1, 0.15) is 16.5 Å². The standard InChI is InChI=1S/C28H32N6O4S/c1-32(2)24-9-11-34(12-10-24)39(36,37)26-14-20(7-8-25(26)38-4)28(35)31-27-15-22-13-19(5-6-21(22)16-29-27)23-17-30-33(3)18-23/h5-8,13-18,24H,9-12H2,1-4H3,(H,29,31,35). The molecule has 5 rings (SSSR count). The first kappa shape index (κ1) is 26.8. The van der Waals surface area contributed by atoms with Crippen molar-refractivity contribution in [1.82, 2.24) is 24.0 Å². The summed E-state index contributed by atoms with van der Waals surface area (Å²) in [5.74, 6) is 0.102. The van der Waals surface area contributed by atoms with Gasteiger partial charge in [-0.25, -0.2) is 13.4 Å². The van der Waals surface area contributed by atoms with Crippen LogP contribution in [0.4, 0.5) is 5.82 Å². The van der Waals surface area contributed by atoms with E-state index in [2.05, 4.69) is 20.3 Å². The lowest BCUT2D eigenvalue weighted by Crippen LogP contribution is -2.44. The molecule has 204 valence electrons. The van der Waals surface area contributed by atoms with Gasteiger partial charge in [-0.1, -0.05) is 12.1 Å². The molecular formula is C28H32N6O4S. The summed E-state index contributed by atoms with van der Waals surface area (Å²) in [5.41, 5.74) is 2.18. The minimum absolute atomic E-state index is 0.0199. The molecule has 39 heavy (non-hydrogen) atoms. The second-order valence-corrected chi connectivity index (χ2v) is 11.9. The summed E-state index contributed by atoms with van der Waals surface area (Å²) in [4.78, 5) is 19.7. The van der Waals surface area contributed by atoms with Crippen molar-refractivity contribution in [3.63, 3.8) is 0 Å². The summed E-state index contributed by atoms with van der Waals surface area (Å²) in [7, 11) is 3.44. The van der Waals surface area contributed by atoms with Crippen LogP contribution in [0.15, 0.2) is 66.0 Å². The first-order chi connectivity index (χ1) is 18.7. The lowest BCUT2D eigenvalue weighted by atomic mass is 10.1. The maximum atomic E-state index is 13.6. The van der Waals surface area contributed by atoms with Gasteiger partial charge in [-0.15, -0.1) is 0 Å². The molecular weight excluding hydrogens is 516 g/mol. The third-order valence-corrected chi connectivity index (χ3v) is 9.12. The average Bonchev–Trinajstić information content (AvgIpc) is 3.38. The molecule has 0 aliphatic carbocycles. The van der Waals surface area contributed by atoms with Gasteiger partial charge in [0.05, 0.1) is 13.3 Å². The molecule has 1 saturated heterocycles. The van der Waals surface area contributed by atoms with Crippen LogP contribution >= 0.6 is 0 Å². The number of aromatic nitrogens is 3. The predicted octanol–water partition coefficient (Wildman–Crippen LogP) is 3.61. The van der Waals surface area contributed by atoms with Crippen molar-refractivity contribution in [2.45, 2.75) is 23.8 Å². The fraction of sp³-hybridized carbons (Fsp3) is 0.321. The van der Waals surface area contributed by atoms with Crippen LogP contribution in [-0.2, 0) is 17.1 Å². The molecule has 0 atom stereocenters. The lowest BCUT2D eigenvalue weighted by Gasteiger charge is -2.34. The third kappa shape index (κ3) is 5.51. The molecule has 1 aliphatic rings. The van der Waals surface area contributed by atoms with Gasteiger partial charge >= 0.3 is 0 Å². The molecule has 11 heteroatoms. The Kier molecular flexibility index (Phi) is 7.39. The summed E-state index contributed by atoms with van der Waals surface area (Å²) in [6.07, 6.45) is 6.91. The molecule has 1 aliphatic heterocycles. The van der Waals surface area contributed by atoms with E-state index in [0.717, 1.165) is 34.7 Å². The van der Waals surface area contributed by atoms with Gasteiger partial charge in [0.25, 0.3) is 5.91 Å². The van der Waals surface area contributed by atoms with Gasteiger partial charge in [0, 0.05) is 55.1 Å². The number of nitrogens with zero attached hydrogens (tertiary/aromatic N) is 5. The lowest BCUT2D eigenvalue weighted by molar-refractivity contribution is 0.102. The SMILES string of the molecule is COc1ccc(C(=O)Nc2cc3cc(-c4cnn(C)c4)ccc3cn2)cc1S(=O)(=O)N1CCC(N(C)C)CC1. The molecule has 2 aromatic carbocycles. The predicted molar refractivity (Wildman–Crippen MR) is 150 cm³/mol. The van der Waals surface area contributed by atoms with E-state index < -0.39 is 15.9 Å². The number of methoxy groups -OCH3 is 1. The number of fused-ring (bicyclic) bond motifs is 1. The third-order valence-electron chi connectivity index (χ3n) is 7.20. The van der Waals surface area contributed by atoms with Crippen LogP contribution in [0.3, 0.4) is 0 Å². The molecule has 0 unspecified atom stereocenters. The Balaban J connectivity index is 1.39. The molecule has 1 amide bonds. The average molecular weight is 549 g/mol. The number of nitrogens with one attached hydrogen (secondary N) is 1. The van der Waals surface area contributed by atoms with Crippen LogP contribution in [0.2, 0.25) is 0 Å². The zero-order chi connectivity index (χ0) is 27.7. The van der Waals surface area contributed by atoms with Crippen LogP contribution in [-0.4, -0.2) is 78.6 Å². The van der Waals surface area contributed by atoms with Gasteiger partial charge in [-0.2, -0.15) is 9.40 Å². The van der Waals surface area contributed by atoms with Gasteiger partial charge in [0.2, 0.25) is 10.0 Å². The van der Waals surface area contributed by atoms with E-state index in [0.29, 0.717) is 24.9 Å². The van der Waals surface area contributed by atoms with Crippen molar-refractivity contribution < 1.29 is 17.9 Å². The maximum Gasteiger partial charge on any atom is 0.256 e. The summed E-state index contributed by atoms with van der Waals surface area (Å²) in [6, 6.07) is 12.6. The monoisotopic (exact) mass is 548 g/mol. The number of amides is 1. The first-order valence-electron chi connectivity index (χ1n) is 12.7. The maximum absolute atomic E-state index is 13.6. The topological polar surface area (TPSA) is 110 Å². The molecule has 4 aromatic rings. The minimum Gasteiger partial charge on any atom is -0.495 e. The number of hydrogen-bond acceptors (Lipinski definition) is 7. The number of anilines is 1. The van der Waals surface area contributed by atoms with Gasteiger partial charge in [0.15, 0.2) is 0 Å². The number of pyridine rings is 1. The zero-order valence-electron chi connectivity index (χ0n) is 22.5. The van der Waals surface area contributed by atoms with Crippen LogP contribution in [0, 0.1) is 0 Å². The molecule has 10 nitrogen and oxygen atoms in total. The summed E-state index contributed by atoms with van der Waals surface area (Å²) in [6.45, 7) is 0.819. The van der Waals surface area contributed by atoms with Gasteiger partial charge < -0.3 is 15.0 Å². The fourth-order valence-electron chi connectivity index (χ4n) is 4.91. The summed E-state index contributed by atoms with van der Waals surface area (Å²) >= 11 is 0. The molecule has 0 bridgehead atoms. The number of hydrogen-bond donors (Lipinski definition) is 1. The second-order valence-electron chi connectivity index (χ2n) is 9.95. The van der Waals surface area contributed by atoms with E-state index in [9.17, 15) is 13.2 Å². The van der Waals surface area contributed by atoms with Crippen molar-refractivity contribution in [2.24, 2.45) is 7.05 Å². The zero-order valence-corrected chi connectivity index (χ0v) is 23.3. The highest BCUT2D eigenvalue weighted by Crippen LogP contribution is 2.31. The van der Waals surface area contributed by atoms with Crippen molar-refractivity contribution in [3.05, 3.63) is 66.6 Å². The van der Waals surface area contributed by atoms with Crippen molar-refractivity contribution in [3.8, 4) is 16.9 Å². The Morgan fingerprint density at radius 3 is 2.46 bits per heavy atom. The van der Waals surface area contributed by atoms with Crippen LogP contribution in [0.1, 0.15) is 23.2 Å². The Morgan fingerprint density at radius 1 is 1.03 bits per heavy atom. The molecule has 0 saturated carbocycles. The van der Waals surface area contributed by atoms with Crippen molar-refractivity contribution in [2.75, 3.05) is 39.6 Å². The van der Waals surface area contributed by atoms with E-state index in [-0.39, 0.29) is 16.2 Å². The van der Waals surface area contributed by atoms with E-state index in [1.807, 2.05) is 45.5 Å². The summed E-state index contributed by atoms with van der Waals surface area (Å²) < 4.78 is 35.7. The van der Waals surface area contributed by atoms with Crippen molar-refractivity contribution >= 4 is 32.5 Å². The van der Waals surface area contributed by atoms with Crippen LogP contribution < -0.4 is 10.1 Å². The number of ether oxygens (including phenoxy) is 1. The fourth-order valence-corrected chi connectivity index (χ4v) is 6.56. The van der Waals surface area contributed by atoms with Crippen LogP contribution in [0.25, 0.3) is 21.9 Å². The second kappa shape index (κ2) is 10.8. The number of carbonyl (C=O) groups is 1. The van der Waals surface area contributed by atoms with Gasteiger partial charge in [-0.05, 0) is 68.2 Å². The Bertz CT molecular complexity index is 1620. The summed E-state index contributed by atoms with van der Waals surface area (Å²) in [5, 5.41) is 8.87. The quantitative estimate of drug-likeness (QED) is 0.376. The van der Waals surface area contributed by atoms with Crippen LogP contribution in [0.5, 0.6) is 5.75 Å². The highest BCUT2D eigenvalue weighted by Gasteiger charge is 2.32. The number of aryl methyl sites for hydroxylation is 1. The first-order valence-corrected chi connectivity index (χ1v) is 14.1. The number of sulfonamides is 1. The number of piperidine rings is 1. The molecule has 3 heterocycles. The van der Waals surface area contributed by atoms with E-state index in [4.69, 9.17) is 4.74 Å². The Labute approximate surface area is 228 Å². The number of carbonyl (C=O) groups excluding carboxylic acids is 1. The Morgan fingerprint density at radius 2 is 1.79 bits per heavy atom. The highest BCUT2D eigenvalue weighted by atomic mass is 32.2. The molecule has 2 aromatic heterocycles. The largest absolute Gasteiger partial charge is 0.495 e. The van der Waals surface area contributed by atoms with E-state index in [1.165, 1.54) is 23.5 Å².